The molecule has 0 aromatic heterocycles. The van der Waals surface area contributed by atoms with Crippen LogP contribution in [0, 0.1) is 13.8 Å². The minimum atomic E-state index is 1.20. The Balaban J connectivity index is 1.83. The summed E-state index contributed by atoms with van der Waals surface area (Å²) in [6.45, 7) is 4.37. The van der Waals surface area contributed by atoms with E-state index in [1.54, 1.807) is 0 Å². The minimum Gasteiger partial charge on any atom is -0.0622 e. The minimum absolute atomic E-state index is 1.20. The summed E-state index contributed by atoms with van der Waals surface area (Å²) in [5.41, 5.74) is 17.2. The largest absolute Gasteiger partial charge is 0.0622 e. The van der Waals surface area contributed by atoms with Crippen molar-refractivity contribution in [3.8, 4) is 66.8 Å². The summed E-state index contributed by atoms with van der Waals surface area (Å²) in [5, 5.41) is 0. The van der Waals surface area contributed by atoms with Gasteiger partial charge in [-0.15, -0.1) is 0 Å². The zero-order valence-electron chi connectivity index (χ0n) is 25.2. The molecular weight excluding hydrogens is 528 g/mol. The monoisotopic (exact) mass is 562 g/mol. The molecule has 44 heavy (non-hydrogen) atoms. The lowest BCUT2D eigenvalue weighted by molar-refractivity contribution is 1.44. The lowest BCUT2D eigenvalue weighted by Gasteiger charge is -2.29. The third-order valence-electron chi connectivity index (χ3n) is 8.36. The van der Waals surface area contributed by atoms with E-state index in [4.69, 9.17) is 0 Å². The summed E-state index contributed by atoms with van der Waals surface area (Å²) in [5.74, 6) is 0. The topological polar surface area (TPSA) is 0 Å². The zero-order chi connectivity index (χ0) is 29.9. The van der Waals surface area contributed by atoms with Crippen molar-refractivity contribution in [2.45, 2.75) is 13.8 Å². The maximum absolute atomic E-state index is 2.34. The second kappa shape index (κ2) is 12.0. The Morgan fingerprint density at radius 1 is 0.227 bits per heavy atom. The summed E-state index contributed by atoms with van der Waals surface area (Å²) < 4.78 is 0. The summed E-state index contributed by atoms with van der Waals surface area (Å²) in [4.78, 5) is 0. The maximum atomic E-state index is 2.34. The van der Waals surface area contributed by atoms with Gasteiger partial charge in [0.1, 0.15) is 0 Å². The number of benzene rings is 7. The molecule has 0 aliphatic carbocycles. The van der Waals surface area contributed by atoms with E-state index in [0.29, 0.717) is 0 Å². The SMILES string of the molecule is Cc1cccc(-c2c(-c3ccccc3)c(-c3ccccc3)c(-c3ccccc3)c(-c3ccccc3)c2-c2cccc(C)c2)c1. The van der Waals surface area contributed by atoms with Gasteiger partial charge in [0.15, 0.2) is 0 Å². The van der Waals surface area contributed by atoms with E-state index in [0.717, 1.165) is 0 Å². The predicted molar refractivity (Wildman–Crippen MR) is 189 cm³/mol. The van der Waals surface area contributed by atoms with Gasteiger partial charge in [0.25, 0.3) is 0 Å². The van der Waals surface area contributed by atoms with E-state index >= 15 is 0 Å². The molecule has 0 saturated carbocycles. The van der Waals surface area contributed by atoms with Gasteiger partial charge < -0.3 is 0 Å². The molecule has 0 amide bonds. The summed E-state index contributed by atoms with van der Waals surface area (Å²) in [6.07, 6.45) is 0. The first-order valence-electron chi connectivity index (χ1n) is 15.3. The molecule has 0 N–H and O–H groups in total. The van der Waals surface area contributed by atoms with Crippen molar-refractivity contribution < 1.29 is 0 Å². The molecule has 7 rings (SSSR count). The fourth-order valence-corrected chi connectivity index (χ4v) is 6.50. The van der Waals surface area contributed by atoms with Crippen molar-refractivity contribution in [3.63, 3.8) is 0 Å². The normalized spacial score (nSPS) is 11.0. The molecular formula is C44H34. The molecule has 7 aromatic rings. The number of aryl methyl sites for hydroxylation is 2. The molecule has 0 spiro atoms. The Hall–Kier alpha value is -5.46. The van der Waals surface area contributed by atoms with E-state index in [9.17, 15) is 0 Å². The molecule has 0 bridgehead atoms. The van der Waals surface area contributed by atoms with Crippen molar-refractivity contribution in [2.75, 3.05) is 0 Å². The number of hydrogen-bond donors (Lipinski definition) is 0. The van der Waals surface area contributed by atoms with Crippen LogP contribution < -0.4 is 0 Å². The molecule has 0 nitrogen and oxygen atoms in total. The van der Waals surface area contributed by atoms with Gasteiger partial charge in [0.2, 0.25) is 0 Å². The van der Waals surface area contributed by atoms with Crippen molar-refractivity contribution >= 4 is 0 Å². The Morgan fingerprint density at radius 2 is 0.455 bits per heavy atom. The van der Waals surface area contributed by atoms with Gasteiger partial charge in [0.05, 0.1) is 0 Å². The van der Waals surface area contributed by atoms with Gasteiger partial charge in [0, 0.05) is 0 Å². The van der Waals surface area contributed by atoms with Gasteiger partial charge in [-0.05, 0) is 80.6 Å². The van der Waals surface area contributed by atoms with Crippen LogP contribution >= 0.6 is 0 Å². The number of rotatable bonds is 6. The van der Waals surface area contributed by atoms with Gasteiger partial charge in [-0.1, -0.05) is 181 Å². The smallest absolute Gasteiger partial charge is 0.00138 e. The molecule has 0 aliphatic heterocycles. The van der Waals surface area contributed by atoms with E-state index in [2.05, 4.69) is 184 Å². The van der Waals surface area contributed by atoms with Crippen molar-refractivity contribution in [2.24, 2.45) is 0 Å². The van der Waals surface area contributed by atoms with Gasteiger partial charge in [-0.25, -0.2) is 0 Å². The quantitative estimate of drug-likeness (QED) is 0.189. The Bertz CT molecular complexity index is 1890. The van der Waals surface area contributed by atoms with E-state index in [1.807, 2.05) is 0 Å². The first kappa shape index (κ1) is 27.4. The van der Waals surface area contributed by atoms with Crippen LogP contribution in [-0.2, 0) is 0 Å². The molecule has 210 valence electrons. The molecule has 0 radical (unpaired) electrons. The lowest BCUT2D eigenvalue weighted by Crippen LogP contribution is -2.02. The fourth-order valence-electron chi connectivity index (χ4n) is 6.50. The first-order valence-corrected chi connectivity index (χ1v) is 15.3. The average Bonchev–Trinajstić information content (AvgIpc) is 3.08. The molecule has 0 fully saturated rings. The molecule has 7 aromatic carbocycles. The van der Waals surface area contributed by atoms with Crippen LogP contribution in [0.25, 0.3) is 66.8 Å². The van der Waals surface area contributed by atoms with Crippen molar-refractivity contribution in [1.29, 1.82) is 0 Å². The van der Waals surface area contributed by atoms with Crippen LogP contribution in [0.5, 0.6) is 0 Å². The highest BCUT2D eigenvalue weighted by atomic mass is 14.3. The fraction of sp³-hybridized carbons (Fsp3) is 0.0455. The summed E-state index contributed by atoms with van der Waals surface area (Å²) in [7, 11) is 0. The van der Waals surface area contributed by atoms with E-state index in [1.165, 1.54) is 77.9 Å². The molecule has 0 aliphatic rings. The third kappa shape index (κ3) is 5.16. The van der Waals surface area contributed by atoms with Crippen LogP contribution in [0.3, 0.4) is 0 Å². The van der Waals surface area contributed by atoms with Crippen LogP contribution in [0.4, 0.5) is 0 Å². The van der Waals surface area contributed by atoms with Crippen LogP contribution in [0.1, 0.15) is 11.1 Å². The Labute approximate surface area is 261 Å². The molecule has 0 atom stereocenters. The van der Waals surface area contributed by atoms with Crippen LogP contribution in [0.15, 0.2) is 170 Å². The first-order chi connectivity index (χ1) is 21.7. The Kier molecular flexibility index (Phi) is 7.49. The van der Waals surface area contributed by atoms with E-state index in [-0.39, 0.29) is 0 Å². The van der Waals surface area contributed by atoms with Gasteiger partial charge in [-0.3, -0.25) is 0 Å². The standard InChI is InChI=1S/C44H34/c1-31-17-15-27-37(29-31)43-41(35-23-11-5-12-24-35)39(33-19-7-3-8-20-33)40(34-21-9-4-10-22-34)42(36-25-13-6-14-26-36)44(43)38-28-16-18-32(2)30-38/h3-30H,1-2H3. The highest BCUT2D eigenvalue weighted by Crippen LogP contribution is 2.55. The predicted octanol–water partition coefficient (Wildman–Crippen LogP) is 12.3. The maximum Gasteiger partial charge on any atom is -0.00138 e. The third-order valence-corrected chi connectivity index (χ3v) is 8.36. The lowest BCUT2D eigenvalue weighted by atomic mass is 9.74. The van der Waals surface area contributed by atoms with Crippen molar-refractivity contribution in [1.82, 2.24) is 0 Å². The van der Waals surface area contributed by atoms with Crippen LogP contribution in [0.2, 0.25) is 0 Å². The van der Waals surface area contributed by atoms with Crippen molar-refractivity contribution in [3.05, 3.63) is 181 Å². The van der Waals surface area contributed by atoms with Gasteiger partial charge >= 0.3 is 0 Å². The molecule has 0 saturated heterocycles. The highest BCUT2D eigenvalue weighted by molar-refractivity contribution is 6.15. The van der Waals surface area contributed by atoms with Crippen LogP contribution in [-0.4, -0.2) is 0 Å². The summed E-state index contributed by atoms with van der Waals surface area (Å²) in [6, 6.07) is 61.7. The average molecular weight is 563 g/mol. The highest BCUT2D eigenvalue weighted by Gasteiger charge is 2.28. The number of hydrogen-bond acceptors (Lipinski definition) is 0. The second-order valence-electron chi connectivity index (χ2n) is 11.5. The zero-order valence-corrected chi connectivity index (χ0v) is 25.2. The van der Waals surface area contributed by atoms with Gasteiger partial charge in [-0.2, -0.15) is 0 Å². The Morgan fingerprint density at radius 3 is 0.705 bits per heavy atom. The molecule has 0 heterocycles. The summed E-state index contributed by atoms with van der Waals surface area (Å²) >= 11 is 0. The van der Waals surface area contributed by atoms with E-state index < -0.39 is 0 Å². The molecule has 0 heteroatoms. The molecule has 0 unspecified atom stereocenters. The second-order valence-corrected chi connectivity index (χ2v) is 11.5.